The van der Waals surface area contributed by atoms with E-state index in [-0.39, 0.29) is 5.75 Å². The standard InChI is InChI=1S/C8H7BrO2/c9-8-6-4-11-3-5(6)1-2-7(8)10/h1-2,10H,3-4H2. The molecule has 2 rings (SSSR count). The zero-order valence-corrected chi connectivity index (χ0v) is 7.39. The maximum atomic E-state index is 9.28. The number of rotatable bonds is 0. The fourth-order valence-electron chi connectivity index (χ4n) is 1.20. The zero-order chi connectivity index (χ0) is 7.84. The SMILES string of the molecule is Oc1ccc2c(c1Br)COC2. The van der Waals surface area contributed by atoms with E-state index in [1.807, 2.05) is 6.07 Å². The third kappa shape index (κ3) is 1.04. The van der Waals surface area contributed by atoms with E-state index in [1.54, 1.807) is 6.07 Å². The van der Waals surface area contributed by atoms with E-state index in [0.717, 1.165) is 15.6 Å². The summed E-state index contributed by atoms with van der Waals surface area (Å²) >= 11 is 3.30. The van der Waals surface area contributed by atoms with Gasteiger partial charge in [0.15, 0.2) is 0 Å². The molecule has 1 heterocycles. The summed E-state index contributed by atoms with van der Waals surface area (Å²) in [6, 6.07) is 3.57. The van der Waals surface area contributed by atoms with E-state index >= 15 is 0 Å². The van der Waals surface area contributed by atoms with Crippen molar-refractivity contribution in [1.29, 1.82) is 0 Å². The third-order valence-corrected chi connectivity index (χ3v) is 2.71. The van der Waals surface area contributed by atoms with Crippen molar-refractivity contribution >= 4 is 15.9 Å². The highest BCUT2D eigenvalue weighted by molar-refractivity contribution is 9.10. The minimum Gasteiger partial charge on any atom is -0.507 e. The maximum Gasteiger partial charge on any atom is 0.130 e. The molecule has 0 fully saturated rings. The molecule has 1 aromatic carbocycles. The van der Waals surface area contributed by atoms with Gasteiger partial charge in [-0.3, -0.25) is 0 Å². The van der Waals surface area contributed by atoms with E-state index in [2.05, 4.69) is 15.9 Å². The summed E-state index contributed by atoms with van der Waals surface area (Å²) in [5.74, 6) is 0.286. The predicted octanol–water partition coefficient (Wildman–Crippen LogP) is 2.18. The lowest BCUT2D eigenvalue weighted by Gasteiger charge is -2.01. The number of phenolic OH excluding ortho intramolecular Hbond substituents is 1. The normalized spacial score (nSPS) is 15.0. The van der Waals surface area contributed by atoms with Crippen LogP contribution in [0, 0.1) is 0 Å². The highest BCUT2D eigenvalue weighted by atomic mass is 79.9. The lowest BCUT2D eigenvalue weighted by Crippen LogP contribution is -1.83. The number of halogens is 1. The second-order valence-electron chi connectivity index (χ2n) is 2.53. The van der Waals surface area contributed by atoms with Gasteiger partial charge in [-0.05, 0) is 27.6 Å². The minimum absolute atomic E-state index is 0.286. The second kappa shape index (κ2) is 2.50. The summed E-state index contributed by atoms with van der Waals surface area (Å²) in [5, 5.41) is 9.28. The fourth-order valence-corrected chi connectivity index (χ4v) is 1.70. The van der Waals surface area contributed by atoms with Gasteiger partial charge in [-0.1, -0.05) is 6.07 Å². The van der Waals surface area contributed by atoms with Crippen LogP contribution in [-0.2, 0) is 18.0 Å². The Morgan fingerprint density at radius 2 is 2.18 bits per heavy atom. The second-order valence-corrected chi connectivity index (χ2v) is 3.32. The molecular formula is C8H7BrO2. The molecule has 0 saturated carbocycles. The Labute approximate surface area is 72.9 Å². The van der Waals surface area contributed by atoms with E-state index < -0.39 is 0 Å². The fraction of sp³-hybridized carbons (Fsp3) is 0.250. The molecule has 0 aromatic heterocycles. The van der Waals surface area contributed by atoms with Crippen molar-refractivity contribution in [2.24, 2.45) is 0 Å². The van der Waals surface area contributed by atoms with Crippen molar-refractivity contribution < 1.29 is 9.84 Å². The van der Waals surface area contributed by atoms with Crippen molar-refractivity contribution in [3.8, 4) is 5.75 Å². The zero-order valence-electron chi connectivity index (χ0n) is 5.80. The molecule has 1 aliphatic heterocycles. The molecule has 2 nitrogen and oxygen atoms in total. The molecule has 0 saturated heterocycles. The summed E-state index contributed by atoms with van der Waals surface area (Å²) < 4.78 is 5.98. The molecular weight excluding hydrogens is 208 g/mol. The van der Waals surface area contributed by atoms with Gasteiger partial charge in [0.05, 0.1) is 17.7 Å². The largest absolute Gasteiger partial charge is 0.507 e. The Kier molecular flexibility index (Phi) is 1.62. The lowest BCUT2D eigenvalue weighted by atomic mass is 10.1. The van der Waals surface area contributed by atoms with Crippen molar-refractivity contribution in [3.05, 3.63) is 27.7 Å². The van der Waals surface area contributed by atoms with Crippen LogP contribution in [-0.4, -0.2) is 5.11 Å². The molecule has 0 aliphatic carbocycles. The van der Waals surface area contributed by atoms with Gasteiger partial charge < -0.3 is 9.84 Å². The van der Waals surface area contributed by atoms with Gasteiger partial charge in [0, 0.05) is 5.56 Å². The molecule has 0 unspecified atom stereocenters. The van der Waals surface area contributed by atoms with Gasteiger partial charge in [-0.15, -0.1) is 0 Å². The van der Waals surface area contributed by atoms with Gasteiger partial charge in [-0.2, -0.15) is 0 Å². The third-order valence-electron chi connectivity index (χ3n) is 1.82. The highest BCUT2D eigenvalue weighted by Gasteiger charge is 2.15. The van der Waals surface area contributed by atoms with Crippen LogP contribution in [0.4, 0.5) is 0 Å². The molecule has 1 aromatic rings. The summed E-state index contributed by atoms with van der Waals surface area (Å²) in [7, 11) is 0. The molecule has 0 amide bonds. The highest BCUT2D eigenvalue weighted by Crippen LogP contribution is 2.33. The Bertz CT molecular complexity index is 296. The quantitative estimate of drug-likeness (QED) is 0.718. The van der Waals surface area contributed by atoms with Crippen LogP contribution in [0.15, 0.2) is 16.6 Å². The van der Waals surface area contributed by atoms with Crippen LogP contribution >= 0.6 is 15.9 Å². The Morgan fingerprint density at radius 1 is 1.36 bits per heavy atom. The Morgan fingerprint density at radius 3 is 3.00 bits per heavy atom. The van der Waals surface area contributed by atoms with Crippen molar-refractivity contribution in [3.63, 3.8) is 0 Å². The molecule has 11 heavy (non-hydrogen) atoms. The van der Waals surface area contributed by atoms with Gasteiger partial charge >= 0.3 is 0 Å². The van der Waals surface area contributed by atoms with Crippen LogP contribution in [0.1, 0.15) is 11.1 Å². The minimum atomic E-state index is 0.286. The van der Waals surface area contributed by atoms with Crippen molar-refractivity contribution in [2.45, 2.75) is 13.2 Å². The summed E-state index contributed by atoms with van der Waals surface area (Å²) in [6.07, 6.45) is 0. The van der Waals surface area contributed by atoms with E-state index in [4.69, 9.17) is 4.74 Å². The first-order valence-corrected chi connectivity index (χ1v) is 4.15. The Hall–Kier alpha value is -0.540. The first-order chi connectivity index (χ1) is 5.29. The Balaban J connectivity index is 2.62. The average molecular weight is 215 g/mol. The number of aromatic hydroxyl groups is 1. The smallest absolute Gasteiger partial charge is 0.130 e. The lowest BCUT2D eigenvalue weighted by molar-refractivity contribution is 0.134. The van der Waals surface area contributed by atoms with Gasteiger partial charge in [0.1, 0.15) is 5.75 Å². The maximum absolute atomic E-state index is 9.28. The first-order valence-electron chi connectivity index (χ1n) is 3.36. The van der Waals surface area contributed by atoms with E-state index in [0.29, 0.717) is 13.2 Å². The van der Waals surface area contributed by atoms with Gasteiger partial charge in [0.25, 0.3) is 0 Å². The molecule has 0 spiro atoms. The van der Waals surface area contributed by atoms with Crippen LogP contribution < -0.4 is 0 Å². The van der Waals surface area contributed by atoms with E-state index in [9.17, 15) is 5.11 Å². The molecule has 1 N–H and O–H groups in total. The van der Waals surface area contributed by atoms with Crippen LogP contribution in [0.25, 0.3) is 0 Å². The van der Waals surface area contributed by atoms with Crippen LogP contribution in [0.5, 0.6) is 5.75 Å². The van der Waals surface area contributed by atoms with Crippen molar-refractivity contribution in [2.75, 3.05) is 0 Å². The van der Waals surface area contributed by atoms with Crippen LogP contribution in [0.2, 0.25) is 0 Å². The first kappa shape index (κ1) is 7.13. The van der Waals surface area contributed by atoms with Crippen LogP contribution in [0.3, 0.4) is 0 Å². The predicted molar refractivity (Wildman–Crippen MR) is 44.3 cm³/mol. The number of hydrogen-bond donors (Lipinski definition) is 1. The number of ether oxygens (including phenoxy) is 1. The number of hydrogen-bond acceptors (Lipinski definition) is 2. The number of benzene rings is 1. The average Bonchev–Trinajstić information content (AvgIpc) is 2.45. The van der Waals surface area contributed by atoms with Gasteiger partial charge in [-0.25, -0.2) is 0 Å². The molecule has 1 aliphatic rings. The number of phenols is 1. The van der Waals surface area contributed by atoms with Gasteiger partial charge in [0.2, 0.25) is 0 Å². The topological polar surface area (TPSA) is 29.5 Å². The molecule has 0 radical (unpaired) electrons. The van der Waals surface area contributed by atoms with E-state index in [1.165, 1.54) is 0 Å². The molecule has 58 valence electrons. The summed E-state index contributed by atoms with van der Waals surface area (Å²) in [5.41, 5.74) is 2.24. The molecule has 0 bridgehead atoms. The number of fused-ring (bicyclic) bond motifs is 1. The molecule has 0 atom stereocenters. The van der Waals surface area contributed by atoms with Crippen molar-refractivity contribution in [1.82, 2.24) is 0 Å². The monoisotopic (exact) mass is 214 g/mol. The molecule has 3 heteroatoms. The summed E-state index contributed by atoms with van der Waals surface area (Å²) in [6.45, 7) is 1.26. The summed E-state index contributed by atoms with van der Waals surface area (Å²) in [4.78, 5) is 0.